The van der Waals surface area contributed by atoms with Gasteiger partial charge in [0.2, 0.25) is 0 Å². The van der Waals surface area contributed by atoms with Crippen LogP contribution in [0.25, 0.3) is 0 Å². The van der Waals surface area contributed by atoms with Crippen LogP contribution in [0.3, 0.4) is 0 Å². The predicted octanol–water partition coefficient (Wildman–Crippen LogP) is 1.26. The number of amides is 1. The van der Waals surface area contributed by atoms with Gasteiger partial charge in [0.1, 0.15) is 0 Å². The van der Waals surface area contributed by atoms with E-state index < -0.39 is 11.9 Å². The second-order valence-electron chi connectivity index (χ2n) is 5.48. The molecule has 3 heterocycles. The van der Waals surface area contributed by atoms with Crippen LogP contribution in [0.15, 0.2) is 41.9 Å². The van der Waals surface area contributed by atoms with Crippen LogP contribution in [-0.2, 0) is 16.1 Å². The Labute approximate surface area is 154 Å². The summed E-state index contributed by atoms with van der Waals surface area (Å²) < 4.78 is 0. The van der Waals surface area contributed by atoms with Gasteiger partial charge in [-0.1, -0.05) is 12.1 Å². The van der Waals surface area contributed by atoms with E-state index in [0.29, 0.717) is 0 Å². The summed E-state index contributed by atoms with van der Waals surface area (Å²) in [7, 11) is 0. The molecular weight excluding hydrogens is 358 g/mol. The lowest BCUT2D eigenvalue weighted by Gasteiger charge is -2.34. The molecule has 1 amide bonds. The first-order chi connectivity index (χ1) is 12.5. The molecular formula is C17H19N3O5S. The second-order valence-corrected chi connectivity index (χ2v) is 6.42. The molecule has 0 aromatic carbocycles. The van der Waals surface area contributed by atoms with Gasteiger partial charge in [-0.15, -0.1) is 11.3 Å². The van der Waals surface area contributed by atoms with Gasteiger partial charge in [-0.05, 0) is 23.6 Å². The van der Waals surface area contributed by atoms with Crippen molar-refractivity contribution in [2.75, 3.05) is 26.2 Å². The standard InChI is InChI=1S/C15H17N3OS.C2H2O4/c19-15(14-5-3-11-20-14)18-9-7-17(8-10-18)12-13-4-1-2-6-16-13;3-1(4)2(5)6/h1-6,11H,7-10,12H2;(H,3,4)(H,5,6). The number of aromatic nitrogens is 1. The number of thiophene rings is 1. The number of carboxylic acids is 2. The minimum absolute atomic E-state index is 0.164. The molecule has 0 atom stereocenters. The average molecular weight is 377 g/mol. The Morgan fingerprint density at radius 2 is 1.69 bits per heavy atom. The molecule has 0 aliphatic carbocycles. The van der Waals surface area contributed by atoms with E-state index in [1.54, 1.807) is 0 Å². The zero-order valence-electron chi connectivity index (χ0n) is 13.9. The number of nitrogens with zero attached hydrogens (tertiary/aromatic N) is 3. The van der Waals surface area contributed by atoms with Gasteiger partial charge in [0.05, 0.1) is 10.6 Å². The Morgan fingerprint density at radius 1 is 1.00 bits per heavy atom. The first kappa shape index (κ1) is 19.5. The molecule has 0 bridgehead atoms. The molecule has 3 rings (SSSR count). The van der Waals surface area contributed by atoms with Crippen LogP contribution in [-0.4, -0.2) is 69.0 Å². The van der Waals surface area contributed by atoms with Gasteiger partial charge in [-0.25, -0.2) is 9.59 Å². The highest BCUT2D eigenvalue weighted by Gasteiger charge is 2.22. The van der Waals surface area contributed by atoms with E-state index in [0.717, 1.165) is 43.3 Å². The number of carboxylic acid groups (broad SMARTS) is 2. The number of carbonyl (C=O) groups excluding carboxylic acids is 1. The van der Waals surface area contributed by atoms with E-state index in [4.69, 9.17) is 19.8 Å². The van der Waals surface area contributed by atoms with Crippen molar-refractivity contribution in [3.63, 3.8) is 0 Å². The topological polar surface area (TPSA) is 111 Å². The lowest BCUT2D eigenvalue weighted by Crippen LogP contribution is -2.48. The molecule has 0 saturated carbocycles. The Balaban J connectivity index is 0.000000352. The van der Waals surface area contributed by atoms with Crippen LogP contribution in [0.4, 0.5) is 0 Å². The van der Waals surface area contributed by atoms with Crippen molar-refractivity contribution in [2.24, 2.45) is 0 Å². The summed E-state index contributed by atoms with van der Waals surface area (Å²) in [5.74, 6) is -3.48. The zero-order valence-corrected chi connectivity index (χ0v) is 14.8. The second kappa shape index (κ2) is 9.64. The Hall–Kier alpha value is -2.78. The number of hydrogen-bond acceptors (Lipinski definition) is 6. The molecule has 1 saturated heterocycles. The zero-order chi connectivity index (χ0) is 18.9. The third-order valence-corrected chi connectivity index (χ3v) is 4.54. The minimum atomic E-state index is -1.82. The quantitative estimate of drug-likeness (QED) is 0.775. The molecule has 1 aliphatic rings. The number of pyridine rings is 1. The fourth-order valence-corrected chi connectivity index (χ4v) is 3.08. The molecule has 1 aliphatic heterocycles. The molecule has 1 fully saturated rings. The highest BCUT2D eigenvalue weighted by molar-refractivity contribution is 7.12. The van der Waals surface area contributed by atoms with Crippen LogP contribution in [0.2, 0.25) is 0 Å². The maximum absolute atomic E-state index is 12.2. The summed E-state index contributed by atoms with van der Waals surface area (Å²) in [4.78, 5) is 39.9. The third-order valence-electron chi connectivity index (χ3n) is 3.69. The molecule has 2 aromatic rings. The number of hydrogen-bond donors (Lipinski definition) is 2. The van der Waals surface area contributed by atoms with Crippen molar-refractivity contribution >= 4 is 29.2 Å². The van der Waals surface area contributed by atoms with E-state index in [2.05, 4.69) is 9.88 Å². The third kappa shape index (κ3) is 5.94. The molecule has 9 heteroatoms. The summed E-state index contributed by atoms with van der Waals surface area (Å²) in [6.45, 7) is 4.27. The Morgan fingerprint density at radius 3 is 2.19 bits per heavy atom. The van der Waals surface area contributed by atoms with Gasteiger partial charge < -0.3 is 15.1 Å². The maximum atomic E-state index is 12.2. The van der Waals surface area contributed by atoms with Crippen molar-refractivity contribution in [1.82, 2.24) is 14.8 Å². The average Bonchev–Trinajstić information content (AvgIpc) is 3.18. The van der Waals surface area contributed by atoms with E-state index in [1.165, 1.54) is 11.3 Å². The highest BCUT2D eigenvalue weighted by Crippen LogP contribution is 2.14. The molecule has 0 radical (unpaired) electrons. The van der Waals surface area contributed by atoms with Crippen molar-refractivity contribution in [3.05, 3.63) is 52.5 Å². The van der Waals surface area contributed by atoms with Crippen LogP contribution >= 0.6 is 11.3 Å². The molecule has 0 unspecified atom stereocenters. The van der Waals surface area contributed by atoms with Crippen LogP contribution in [0.1, 0.15) is 15.4 Å². The van der Waals surface area contributed by atoms with E-state index in [-0.39, 0.29) is 5.91 Å². The van der Waals surface area contributed by atoms with Gasteiger partial charge in [-0.3, -0.25) is 14.7 Å². The summed E-state index contributed by atoms with van der Waals surface area (Å²) >= 11 is 1.51. The lowest BCUT2D eigenvalue weighted by atomic mass is 10.2. The summed E-state index contributed by atoms with van der Waals surface area (Å²) in [5, 5.41) is 16.7. The lowest BCUT2D eigenvalue weighted by molar-refractivity contribution is -0.159. The highest BCUT2D eigenvalue weighted by atomic mass is 32.1. The van der Waals surface area contributed by atoms with Gasteiger partial charge in [0, 0.05) is 38.9 Å². The van der Waals surface area contributed by atoms with Gasteiger partial charge in [0.25, 0.3) is 5.91 Å². The minimum Gasteiger partial charge on any atom is -0.473 e. The van der Waals surface area contributed by atoms with Gasteiger partial charge in [-0.2, -0.15) is 0 Å². The Kier molecular flexibility index (Phi) is 7.24. The van der Waals surface area contributed by atoms with E-state index >= 15 is 0 Å². The van der Waals surface area contributed by atoms with Crippen molar-refractivity contribution < 1.29 is 24.6 Å². The summed E-state index contributed by atoms with van der Waals surface area (Å²) in [6.07, 6.45) is 1.83. The predicted molar refractivity (Wildman–Crippen MR) is 95.0 cm³/mol. The smallest absolute Gasteiger partial charge is 0.414 e. The number of rotatable bonds is 3. The van der Waals surface area contributed by atoms with Crippen molar-refractivity contribution in [2.45, 2.75) is 6.54 Å². The first-order valence-electron chi connectivity index (χ1n) is 7.88. The van der Waals surface area contributed by atoms with Crippen molar-refractivity contribution in [3.8, 4) is 0 Å². The fraction of sp³-hybridized carbons (Fsp3) is 0.294. The monoisotopic (exact) mass is 377 g/mol. The maximum Gasteiger partial charge on any atom is 0.414 e. The SMILES string of the molecule is O=C(O)C(=O)O.O=C(c1cccs1)N1CCN(Cc2ccccn2)CC1. The fourth-order valence-electron chi connectivity index (χ4n) is 2.39. The van der Waals surface area contributed by atoms with Gasteiger partial charge >= 0.3 is 11.9 Å². The molecule has 0 spiro atoms. The molecule has 26 heavy (non-hydrogen) atoms. The number of aliphatic carboxylic acids is 2. The van der Waals surface area contributed by atoms with Crippen LogP contribution in [0.5, 0.6) is 0 Å². The number of carbonyl (C=O) groups is 3. The Bertz CT molecular complexity index is 716. The molecule has 8 nitrogen and oxygen atoms in total. The molecule has 138 valence electrons. The first-order valence-corrected chi connectivity index (χ1v) is 8.76. The number of piperazine rings is 1. The van der Waals surface area contributed by atoms with Gasteiger partial charge in [0.15, 0.2) is 0 Å². The molecule has 2 N–H and O–H groups in total. The summed E-state index contributed by atoms with van der Waals surface area (Å²) in [5.41, 5.74) is 1.09. The van der Waals surface area contributed by atoms with E-state index in [1.807, 2.05) is 46.8 Å². The largest absolute Gasteiger partial charge is 0.473 e. The summed E-state index contributed by atoms with van der Waals surface area (Å²) in [6, 6.07) is 9.81. The molecule has 2 aromatic heterocycles. The van der Waals surface area contributed by atoms with Crippen LogP contribution in [0, 0.1) is 0 Å². The van der Waals surface area contributed by atoms with Crippen molar-refractivity contribution in [1.29, 1.82) is 0 Å². The normalized spacial score (nSPS) is 14.2. The van der Waals surface area contributed by atoms with Crippen LogP contribution < -0.4 is 0 Å². The van der Waals surface area contributed by atoms with E-state index in [9.17, 15) is 4.79 Å².